The van der Waals surface area contributed by atoms with Gasteiger partial charge in [-0.1, -0.05) is 24.0 Å². The Labute approximate surface area is 125 Å². The lowest BCUT2D eigenvalue weighted by Gasteiger charge is -2.23. The van der Waals surface area contributed by atoms with Gasteiger partial charge in [0.25, 0.3) is 5.69 Å². The quantitative estimate of drug-likeness (QED) is 0.463. The van der Waals surface area contributed by atoms with Crippen molar-refractivity contribution in [2.75, 3.05) is 16.4 Å². The van der Waals surface area contributed by atoms with E-state index in [1.807, 2.05) is 0 Å². The molecule has 0 N–H and O–H groups in total. The minimum atomic E-state index is -3.02. The maximum Gasteiger partial charge on any atom is 0.269 e. The zero-order chi connectivity index (χ0) is 14.5. The van der Waals surface area contributed by atoms with Crippen molar-refractivity contribution < 1.29 is 13.3 Å². The van der Waals surface area contributed by atoms with Crippen LogP contribution in [0.3, 0.4) is 0 Å². The highest BCUT2D eigenvalue weighted by atomic mass is 32.2. The number of hydrogen-bond donors (Lipinski definition) is 0. The van der Waals surface area contributed by atoms with Gasteiger partial charge in [-0.2, -0.15) is 0 Å². The fraction of sp³-hybridized carbons (Fsp3) is 0.364. The van der Waals surface area contributed by atoms with Gasteiger partial charge in [0.05, 0.1) is 22.5 Å². The van der Waals surface area contributed by atoms with Crippen LogP contribution in [0.5, 0.6) is 0 Å². The van der Waals surface area contributed by atoms with Gasteiger partial charge in [0.1, 0.15) is 4.32 Å². The molecule has 2 saturated heterocycles. The summed E-state index contributed by atoms with van der Waals surface area (Å²) in [5, 5.41) is 10.6. The Hall–Kier alpha value is -1.19. The van der Waals surface area contributed by atoms with Crippen molar-refractivity contribution in [2.45, 2.75) is 11.3 Å². The normalized spacial score (nSPS) is 27.6. The summed E-state index contributed by atoms with van der Waals surface area (Å²) >= 11 is 6.69. The summed E-state index contributed by atoms with van der Waals surface area (Å²) in [5.74, 6) is 0.230. The number of thiocarbonyl (C=S) groups is 1. The van der Waals surface area contributed by atoms with E-state index in [1.165, 1.54) is 23.9 Å². The van der Waals surface area contributed by atoms with Crippen molar-refractivity contribution in [1.82, 2.24) is 0 Å². The monoisotopic (exact) mass is 330 g/mol. The molecule has 2 heterocycles. The zero-order valence-corrected chi connectivity index (χ0v) is 12.6. The molecule has 0 bridgehead atoms. The van der Waals surface area contributed by atoms with Gasteiger partial charge < -0.3 is 4.90 Å². The van der Waals surface area contributed by atoms with Crippen molar-refractivity contribution in [3.05, 3.63) is 34.4 Å². The number of rotatable bonds is 2. The minimum absolute atomic E-state index is 0.00196. The molecule has 106 valence electrons. The molecule has 0 saturated carbocycles. The molecule has 1 aromatic carbocycles. The molecule has 0 aromatic heterocycles. The second-order valence-corrected chi connectivity index (χ2v) is 8.74. The predicted molar refractivity (Wildman–Crippen MR) is 82.0 cm³/mol. The Balaban J connectivity index is 1.93. The number of hydrogen-bond acceptors (Lipinski definition) is 6. The number of benzene rings is 1. The maximum absolute atomic E-state index is 11.7. The fourth-order valence-corrected chi connectivity index (χ4v) is 6.88. The first kappa shape index (κ1) is 13.8. The van der Waals surface area contributed by atoms with Crippen LogP contribution in [0.4, 0.5) is 11.4 Å². The molecule has 6 nitrogen and oxygen atoms in total. The number of nitrogens with zero attached hydrogens (tertiary/aromatic N) is 2. The number of sulfone groups is 1. The van der Waals surface area contributed by atoms with E-state index in [9.17, 15) is 18.5 Å². The summed E-state index contributed by atoms with van der Waals surface area (Å²) < 4.78 is 24.0. The molecule has 2 fully saturated rings. The lowest BCUT2D eigenvalue weighted by Crippen LogP contribution is -2.36. The first-order valence-corrected chi connectivity index (χ1v) is 8.93. The molecule has 2 unspecified atom stereocenters. The first-order valence-electron chi connectivity index (χ1n) is 5.82. The van der Waals surface area contributed by atoms with Crippen LogP contribution < -0.4 is 4.90 Å². The zero-order valence-electron chi connectivity index (χ0n) is 10.1. The lowest BCUT2D eigenvalue weighted by atomic mass is 10.2. The summed E-state index contributed by atoms with van der Waals surface area (Å²) in [7, 11) is -3.02. The molecule has 0 spiro atoms. The molecule has 0 aliphatic carbocycles. The maximum atomic E-state index is 11.7. The summed E-state index contributed by atoms with van der Waals surface area (Å²) in [6, 6.07) is 5.86. The van der Waals surface area contributed by atoms with Gasteiger partial charge in [-0.3, -0.25) is 10.1 Å². The predicted octanol–water partition coefficient (Wildman–Crippen LogP) is 1.60. The molecule has 2 aliphatic rings. The highest BCUT2D eigenvalue weighted by Gasteiger charge is 2.48. The van der Waals surface area contributed by atoms with E-state index in [4.69, 9.17) is 12.2 Å². The average molecular weight is 330 g/mol. The number of fused-ring (bicyclic) bond motifs is 1. The summed E-state index contributed by atoms with van der Waals surface area (Å²) in [6.45, 7) is 0. The van der Waals surface area contributed by atoms with Gasteiger partial charge in [-0.15, -0.1) is 0 Å². The van der Waals surface area contributed by atoms with Crippen LogP contribution in [0, 0.1) is 10.1 Å². The van der Waals surface area contributed by atoms with Gasteiger partial charge in [0, 0.05) is 23.1 Å². The summed E-state index contributed by atoms with van der Waals surface area (Å²) in [6.07, 6.45) is 0. The van der Waals surface area contributed by atoms with Crippen molar-refractivity contribution in [1.29, 1.82) is 0 Å². The van der Waals surface area contributed by atoms with Gasteiger partial charge in [-0.25, -0.2) is 8.42 Å². The van der Waals surface area contributed by atoms with Crippen molar-refractivity contribution >= 4 is 49.5 Å². The molecule has 2 aliphatic heterocycles. The second-order valence-electron chi connectivity index (χ2n) is 4.71. The highest BCUT2D eigenvalue weighted by Crippen LogP contribution is 2.41. The van der Waals surface area contributed by atoms with Crippen molar-refractivity contribution in [3.63, 3.8) is 0 Å². The Bertz CT molecular complexity index is 686. The second kappa shape index (κ2) is 4.68. The van der Waals surface area contributed by atoms with Crippen LogP contribution in [0.15, 0.2) is 24.3 Å². The third-order valence-electron chi connectivity index (χ3n) is 3.39. The van der Waals surface area contributed by atoms with Crippen LogP contribution in [0.25, 0.3) is 0 Å². The largest absolute Gasteiger partial charge is 0.322 e. The summed E-state index contributed by atoms with van der Waals surface area (Å²) in [5.41, 5.74) is 0.708. The first-order chi connectivity index (χ1) is 9.37. The van der Waals surface area contributed by atoms with Gasteiger partial charge in [0.15, 0.2) is 9.84 Å². The van der Waals surface area contributed by atoms with Crippen LogP contribution in [-0.2, 0) is 9.84 Å². The van der Waals surface area contributed by atoms with Crippen LogP contribution >= 0.6 is 24.0 Å². The third kappa shape index (κ3) is 2.29. The number of nitro groups is 1. The molecular formula is C11H10N2O4S3. The van der Waals surface area contributed by atoms with E-state index in [0.29, 0.717) is 10.0 Å². The van der Waals surface area contributed by atoms with E-state index in [1.54, 1.807) is 17.0 Å². The molecule has 0 radical (unpaired) electrons. The van der Waals surface area contributed by atoms with E-state index >= 15 is 0 Å². The topological polar surface area (TPSA) is 80.5 Å². The van der Waals surface area contributed by atoms with Crippen LogP contribution in [0.2, 0.25) is 0 Å². The van der Waals surface area contributed by atoms with Crippen molar-refractivity contribution in [3.8, 4) is 0 Å². The van der Waals surface area contributed by atoms with E-state index < -0.39 is 14.8 Å². The Morgan fingerprint density at radius 2 is 1.95 bits per heavy atom. The SMILES string of the molecule is O=[N+]([O-])c1ccc(N2C(=S)SC3CS(=O)(=O)CC32)cc1. The molecule has 0 amide bonds. The summed E-state index contributed by atoms with van der Waals surface area (Å²) in [4.78, 5) is 12.0. The minimum Gasteiger partial charge on any atom is -0.322 e. The van der Waals surface area contributed by atoms with Gasteiger partial charge in [-0.05, 0) is 12.1 Å². The Morgan fingerprint density at radius 3 is 2.55 bits per heavy atom. The van der Waals surface area contributed by atoms with Crippen LogP contribution in [-0.4, -0.2) is 40.5 Å². The molecule has 20 heavy (non-hydrogen) atoms. The fourth-order valence-electron chi connectivity index (χ4n) is 2.50. The van der Waals surface area contributed by atoms with Gasteiger partial charge >= 0.3 is 0 Å². The third-order valence-corrected chi connectivity index (χ3v) is 6.99. The number of nitro benzene ring substituents is 1. The number of thioether (sulfide) groups is 1. The highest BCUT2D eigenvalue weighted by molar-refractivity contribution is 8.24. The number of anilines is 1. The van der Waals surface area contributed by atoms with E-state index in [-0.39, 0.29) is 28.5 Å². The van der Waals surface area contributed by atoms with Crippen LogP contribution in [0.1, 0.15) is 0 Å². The lowest BCUT2D eigenvalue weighted by molar-refractivity contribution is -0.384. The molecule has 2 atom stereocenters. The number of non-ortho nitro benzene ring substituents is 1. The Kier molecular flexibility index (Phi) is 3.22. The average Bonchev–Trinajstić information content (AvgIpc) is 2.79. The molecule has 3 rings (SSSR count). The van der Waals surface area contributed by atoms with E-state index in [2.05, 4.69) is 0 Å². The molecular weight excluding hydrogens is 320 g/mol. The standard InChI is InChI=1S/C11H10N2O4S3/c14-13(15)8-3-1-7(2-4-8)12-9-5-20(16,17)6-10(9)19-11(12)18/h1-4,9-10H,5-6H2. The van der Waals surface area contributed by atoms with Gasteiger partial charge in [0.2, 0.25) is 0 Å². The van der Waals surface area contributed by atoms with Crippen molar-refractivity contribution in [2.24, 2.45) is 0 Å². The smallest absolute Gasteiger partial charge is 0.269 e. The van der Waals surface area contributed by atoms with E-state index in [0.717, 1.165) is 0 Å². The molecule has 9 heteroatoms. The molecule has 1 aromatic rings. The Morgan fingerprint density at radius 1 is 1.30 bits per heavy atom.